The number of aromatic nitrogens is 3. The van der Waals surface area contributed by atoms with E-state index in [1.807, 2.05) is 30.3 Å². The van der Waals surface area contributed by atoms with Crippen molar-refractivity contribution in [2.24, 2.45) is 0 Å². The summed E-state index contributed by atoms with van der Waals surface area (Å²) in [4.78, 5) is 14.1. The molecule has 0 saturated heterocycles. The molecule has 0 spiro atoms. The second kappa shape index (κ2) is 7.75. The first-order valence-corrected chi connectivity index (χ1v) is 9.46. The first kappa shape index (κ1) is 18.7. The molecule has 1 N–H and O–H groups in total. The number of methoxy groups -OCH3 is 1. The van der Waals surface area contributed by atoms with Crippen molar-refractivity contribution in [3.8, 4) is 11.4 Å². The zero-order chi connectivity index (χ0) is 20.4. The number of ether oxygens (including phenoxy) is 1. The zero-order valence-corrected chi connectivity index (χ0v) is 16.6. The van der Waals surface area contributed by atoms with Crippen LogP contribution in [0.2, 0.25) is 0 Å². The maximum Gasteiger partial charge on any atom is 0.255 e. The first-order valence-electron chi connectivity index (χ1n) is 9.46. The van der Waals surface area contributed by atoms with Gasteiger partial charge in [0.2, 0.25) is 0 Å². The summed E-state index contributed by atoms with van der Waals surface area (Å²) in [5.74, 6) is 0.906. The van der Waals surface area contributed by atoms with Crippen molar-refractivity contribution in [3.05, 3.63) is 77.9 Å². The van der Waals surface area contributed by atoms with Gasteiger partial charge < -0.3 is 10.1 Å². The second-order valence-corrected chi connectivity index (χ2v) is 7.13. The predicted octanol–water partition coefficient (Wildman–Crippen LogP) is 4.80. The molecule has 0 aliphatic heterocycles. The van der Waals surface area contributed by atoms with Crippen LogP contribution in [0, 0.1) is 0 Å². The number of rotatable bonds is 5. The highest BCUT2D eigenvalue weighted by molar-refractivity contribution is 6.05. The average molecular weight is 386 g/mol. The molecule has 0 saturated carbocycles. The molecule has 4 rings (SSSR count). The molecule has 0 fully saturated rings. The fourth-order valence-corrected chi connectivity index (χ4v) is 3.07. The van der Waals surface area contributed by atoms with Crippen LogP contribution < -0.4 is 10.1 Å². The maximum atomic E-state index is 12.5. The van der Waals surface area contributed by atoms with E-state index >= 15 is 0 Å². The van der Waals surface area contributed by atoms with Crippen LogP contribution in [0.1, 0.15) is 35.7 Å². The number of nitrogens with one attached hydrogen (secondary N) is 1. The average Bonchev–Trinajstić information content (AvgIpc) is 3.17. The standard InChI is InChI=1S/C23H22N4O2/c1-15(2)16-7-10-19(11-8-16)27-25-21-12-9-18(14-22(21)26-27)24-23(28)17-5-4-6-20(13-17)29-3/h4-15H,1-3H3,(H,24,28). The molecule has 3 aromatic carbocycles. The number of fused-ring (bicyclic) bond motifs is 1. The molecule has 29 heavy (non-hydrogen) atoms. The van der Waals surface area contributed by atoms with Gasteiger partial charge in [-0.25, -0.2) is 0 Å². The Bertz CT molecular complexity index is 1160. The van der Waals surface area contributed by atoms with Crippen molar-refractivity contribution in [1.29, 1.82) is 0 Å². The number of carbonyl (C=O) groups is 1. The van der Waals surface area contributed by atoms with Gasteiger partial charge in [-0.2, -0.15) is 4.80 Å². The number of anilines is 1. The minimum atomic E-state index is -0.208. The monoisotopic (exact) mass is 386 g/mol. The third-order valence-electron chi connectivity index (χ3n) is 4.76. The number of carbonyl (C=O) groups excluding carboxylic acids is 1. The molecular formula is C23H22N4O2. The van der Waals surface area contributed by atoms with Crippen LogP contribution in [0.5, 0.6) is 5.75 Å². The van der Waals surface area contributed by atoms with Gasteiger partial charge in [0.15, 0.2) is 0 Å². The van der Waals surface area contributed by atoms with Crippen LogP contribution in [0.4, 0.5) is 5.69 Å². The van der Waals surface area contributed by atoms with E-state index in [4.69, 9.17) is 4.74 Å². The molecule has 1 heterocycles. The molecule has 1 amide bonds. The van der Waals surface area contributed by atoms with E-state index in [1.165, 1.54) is 5.56 Å². The van der Waals surface area contributed by atoms with Crippen molar-refractivity contribution in [2.45, 2.75) is 19.8 Å². The fraction of sp³-hybridized carbons (Fsp3) is 0.174. The van der Waals surface area contributed by atoms with E-state index in [9.17, 15) is 4.79 Å². The predicted molar refractivity (Wildman–Crippen MR) is 114 cm³/mol. The number of hydrogen-bond donors (Lipinski definition) is 1. The topological polar surface area (TPSA) is 69.0 Å². The third kappa shape index (κ3) is 3.96. The van der Waals surface area contributed by atoms with E-state index in [-0.39, 0.29) is 5.91 Å². The van der Waals surface area contributed by atoms with Gasteiger partial charge in [-0.05, 0) is 60.0 Å². The van der Waals surface area contributed by atoms with Gasteiger partial charge >= 0.3 is 0 Å². The molecule has 0 aliphatic rings. The Morgan fingerprint density at radius 1 is 0.966 bits per heavy atom. The summed E-state index contributed by atoms with van der Waals surface area (Å²) < 4.78 is 5.18. The van der Waals surface area contributed by atoms with Crippen LogP contribution in [0.3, 0.4) is 0 Å². The summed E-state index contributed by atoms with van der Waals surface area (Å²) in [6, 6.07) is 20.7. The van der Waals surface area contributed by atoms with E-state index < -0.39 is 0 Å². The number of hydrogen-bond acceptors (Lipinski definition) is 4. The van der Waals surface area contributed by atoms with E-state index in [0.29, 0.717) is 28.4 Å². The quantitative estimate of drug-likeness (QED) is 0.535. The molecule has 0 bridgehead atoms. The maximum absolute atomic E-state index is 12.5. The van der Waals surface area contributed by atoms with Gasteiger partial charge in [-0.15, -0.1) is 10.2 Å². The van der Waals surface area contributed by atoms with Crippen LogP contribution in [-0.4, -0.2) is 28.0 Å². The van der Waals surface area contributed by atoms with Crippen molar-refractivity contribution >= 4 is 22.6 Å². The number of amides is 1. The van der Waals surface area contributed by atoms with Crippen molar-refractivity contribution in [3.63, 3.8) is 0 Å². The normalized spacial score (nSPS) is 11.0. The van der Waals surface area contributed by atoms with Gasteiger partial charge in [0, 0.05) is 11.3 Å². The van der Waals surface area contributed by atoms with Gasteiger partial charge in [0.25, 0.3) is 5.91 Å². The molecule has 0 radical (unpaired) electrons. The third-order valence-corrected chi connectivity index (χ3v) is 4.76. The Kier molecular flexibility index (Phi) is 4.99. The SMILES string of the molecule is COc1cccc(C(=O)Nc2ccc3nn(-c4ccc(C(C)C)cc4)nc3c2)c1. The Labute approximate surface area is 169 Å². The lowest BCUT2D eigenvalue weighted by molar-refractivity contribution is 0.102. The highest BCUT2D eigenvalue weighted by Crippen LogP contribution is 2.21. The molecule has 0 unspecified atom stereocenters. The Morgan fingerprint density at radius 2 is 1.72 bits per heavy atom. The van der Waals surface area contributed by atoms with Gasteiger partial charge in [-0.3, -0.25) is 4.79 Å². The molecular weight excluding hydrogens is 364 g/mol. The van der Waals surface area contributed by atoms with E-state index in [2.05, 4.69) is 41.5 Å². The molecule has 6 nitrogen and oxygen atoms in total. The molecule has 4 aromatic rings. The lowest BCUT2D eigenvalue weighted by Gasteiger charge is -2.06. The molecule has 0 atom stereocenters. The van der Waals surface area contributed by atoms with Crippen LogP contribution in [0.15, 0.2) is 66.7 Å². The van der Waals surface area contributed by atoms with E-state index in [1.54, 1.807) is 36.2 Å². The Hall–Kier alpha value is -3.67. The zero-order valence-electron chi connectivity index (χ0n) is 16.6. The van der Waals surface area contributed by atoms with Crippen LogP contribution in [0.25, 0.3) is 16.7 Å². The number of nitrogens with zero attached hydrogens (tertiary/aromatic N) is 3. The van der Waals surface area contributed by atoms with Crippen molar-refractivity contribution in [1.82, 2.24) is 15.0 Å². The highest BCUT2D eigenvalue weighted by atomic mass is 16.5. The second-order valence-electron chi connectivity index (χ2n) is 7.13. The summed E-state index contributed by atoms with van der Waals surface area (Å²) >= 11 is 0. The fourth-order valence-electron chi connectivity index (χ4n) is 3.07. The molecule has 0 aliphatic carbocycles. The summed E-state index contributed by atoms with van der Waals surface area (Å²) in [6.45, 7) is 4.33. The minimum absolute atomic E-state index is 0.208. The summed E-state index contributed by atoms with van der Waals surface area (Å²) in [5, 5.41) is 12.0. The smallest absolute Gasteiger partial charge is 0.255 e. The van der Waals surface area contributed by atoms with Gasteiger partial charge in [-0.1, -0.05) is 32.0 Å². The van der Waals surface area contributed by atoms with Crippen LogP contribution in [-0.2, 0) is 0 Å². The van der Waals surface area contributed by atoms with Crippen molar-refractivity contribution < 1.29 is 9.53 Å². The Balaban J connectivity index is 1.57. The van der Waals surface area contributed by atoms with Crippen molar-refractivity contribution in [2.75, 3.05) is 12.4 Å². The summed E-state index contributed by atoms with van der Waals surface area (Å²) in [5.41, 5.74) is 4.82. The molecule has 1 aromatic heterocycles. The molecule has 146 valence electrons. The van der Waals surface area contributed by atoms with Gasteiger partial charge in [0.05, 0.1) is 12.8 Å². The van der Waals surface area contributed by atoms with Gasteiger partial charge in [0.1, 0.15) is 16.8 Å². The minimum Gasteiger partial charge on any atom is -0.497 e. The highest BCUT2D eigenvalue weighted by Gasteiger charge is 2.10. The van der Waals surface area contributed by atoms with E-state index in [0.717, 1.165) is 11.2 Å². The number of benzene rings is 3. The summed E-state index contributed by atoms with van der Waals surface area (Å²) in [6.07, 6.45) is 0. The Morgan fingerprint density at radius 3 is 2.45 bits per heavy atom. The van der Waals surface area contributed by atoms with Crippen LogP contribution >= 0.6 is 0 Å². The largest absolute Gasteiger partial charge is 0.497 e. The lowest BCUT2D eigenvalue weighted by Crippen LogP contribution is -2.11. The summed E-state index contributed by atoms with van der Waals surface area (Å²) in [7, 11) is 1.57. The lowest BCUT2D eigenvalue weighted by atomic mass is 10.0. The molecule has 6 heteroatoms. The first-order chi connectivity index (χ1) is 14.0.